The fourth-order valence-electron chi connectivity index (χ4n) is 4.40. The van der Waals surface area contributed by atoms with E-state index < -0.39 is 0 Å². The van der Waals surface area contributed by atoms with Gasteiger partial charge in [0.25, 0.3) is 0 Å². The lowest BCUT2D eigenvalue weighted by atomic mass is 9.90. The van der Waals surface area contributed by atoms with Crippen LogP contribution in [0.2, 0.25) is 0 Å². The molecule has 154 valence electrons. The van der Waals surface area contributed by atoms with E-state index in [1.807, 2.05) is 24.3 Å². The Labute approximate surface area is 174 Å². The molecule has 0 spiro atoms. The Kier molecular flexibility index (Phi) is 4.69. The van der Waals surface area contributed by atoms with Crippen molar-refractivity contribution in [2.45, 2.75) is 39.2 Å². The second-order valence-corrected chi connectivity index (χ2v) is 7.71. The molecule has 2 aromatic carbocycles. The Morgan fingerprint density at radius 1 is 1.03 bits per heavy atom. The highest BCUT2D eigenvalue weighted by Gasteiger charge is 2.25. The Morgan fingerprint density at radius 3 is 2.57 bits per heavy atom. The molecule has 2 heterocycles. The molecular formula is C24H23NO5. The Hall–Kier alpha value is -3.28. The van der Waals surface area contributed by atoms with Gasteiger partial charge in [-0.1, -0.05) is 0 Å². The number of carbonyl (C=O) groups excluding carboxylic acids is 1. The van der Waals surface area contributed by atoms with Crippen LogP contribution in [-0.2, 0) is 24.1 Å². The first-order valence-electron chi connectivity index (χ1n) is 10.4. The van der Waals surface area contributed by atoms with Gasteiger partial charge < -0.3 is 18.8 Å². The second kappa shape index (κ2) is 7.52. The van der Waals surface area contributed by atoms with Crippen molar-refractivity contribution < 1.29 is 18.7 Å². The molecule has 0 saturated heterocycles. The molecule has 5 rings (SSSR count). The molecule has 0 radical (unpaired) electrons. The molecular weight excluding hydrogens is 382 g/mol. The van der Waals surface area contributed by atoms with Gasteiger partial charge in [0.15, 0.2) is 6.73 Å². The molecule has 0 amide bonds. The molecule has 0 atom stereocenters. The van der Waals surface area contributed by atoms with Gasteiger partial charge in [0.05, 0.1) is 24.3 Å². The Morgan fingerprint density at radius 2 is 1.80 bits per heavy atom. The first-order valence-corrected chi connectivity index (χ1v) is 10.4. The third-order valence-electron chi connectivity index (χ3n) is 5.92. The Balaban J connectivity index is 1.51. The molecule has 1 aliphatic carbocycles. The number of ether oxygens (including phenoxy) is 2. The molecule has 0 N–H and O–H groups in total. The molecule has 3 aromatic rings. The van der Waals surface area contributed by atoms with Crippen molar-refractivity contribution in [1.29, 1.82) is 0 Å². The van der Waals surface area contributed by atoms with Crippen molar-refractivity contribution in [3.63, 3.8) is 0 Å². The molecule has 30 heavy (non-hydrogen) atoms. The maximum Gasteiger partial charge on any atom is 0.339 e. The van der Waals surface area contributed by atoms with E-state index in [2.05, 4.69) is 4.90 Å². The zero-order valence-electron chi connectivity index (χ0n) is 16.9. The normalized spacial score (nSPS) is 15.3. The third kappa shape index (κ3) is 3.12. The predicted octanol–water partition coefficient (Wildman–Crippen LogP) is 4.21. The summed E-state index contributed by atoms with van der Waals surface area (Å²) in [7, 11) is 0. The van der Waals surface area contributed by atoms with Gasteiger partial charge in [-0.25, -0.2) is 9.59 Å². The zero-order valence-corrected chi connectivity index (χ0v) is 16.9. The molecule has 1 aliphatic heterocycles. The molecule has 2 aliphatic rings. The summed E-state index contributed by atoms with van der Waals surface area (Å²) < 4.78 is 16.8. The van der Waals surface area contributed by atoms with E-state index in [0.29, 0.717) is 31.0 Å². The number of hydrogen-bond donors (Lipinski definition) is 0. The molecule has 6 nitrogen and oxygen atoms in total. The maximum absolute atomic E-state index is 12.6. The van der Waals surface area contributed by atoms with Crippen molar-refractivity contribution in [2.24, 2.45) is 0 Å². The smallest absolute Gasteiger partial charge is 0.339 e. The van der Waals surface area contributed by atoms with E-state index >= 15 is 0 Å². The summed E-state index contributed by atoms with van der Waals surface area (Å²) in [5, 5.41) is 1.02. The quantitative estimate of drug-likeness (QED) is 0.480. The minimum Gasteiger partial charge on any atom is -0.473 e. The maximum atomic E-state index is 12.6. The van der Waals surface area contributed by atoms with E-state index in [1.165, 1.54) is 0 Å². The van der Waals surface area contributed by atoms with Gasteiger partial charge in [0, 0.05) is 16.6 Å². The van der Waals surface area contributed by atoms with Gasteiger partial charge in [-0.3, -0.25) is 0 Å². The summed E-state index contributed by atoms with van der Waals surface area (Å²) in [6, 6.07) is 11.3. The third-order valence-corrected chi connectivity index (χ3v) is 5.92. The van der Waals surface area contributed by atoms with Gasteiger partial charge in [0.1, 0.15) is 11.3 Å². The van der Waals surface area contributed by atoms with Gasteiger partial charge in [-0.2, -0.15) is 0 Å². The highest BCUT2D eigenvalue weighted by molar-refractivity contribution is 5.90. The SMILES string of the molecule is CCOC(=O)c1ccc(N2COc3ccc4c5c(c(=O)oc4c3C2)CCCC5)cc1. The Bertz CT molecular complexity index is 1180. The topological polar surface area (TPSA) is 69.0 Å². The summed E-state index contributed by atoms with van der Waals surface area (Å²) in [5.41, 5.74) is 4.70. The van der Waals surface area contributed by atoms with E-state index in [4.69, 9.17) is 13.9 Å². The molecule has 0 bridgehead atoms. The first-order chi connectivity index (χ1) is 14.7. The number of anilines is 1. The molecule has 0 unspecified atom stereocenters. The number of carbonyl (C=O) groups is 1. The number of hydrogen-bond acceptors (Lipinski definition) is 6. The van der Waals surface area contributed by atoms with Crippen molar-refractivity contribution in [3.05, 3.63) is 69.1 Å². The fraction of sp³-hybridized carbons (Fsp3) is 0.333. The zero-order chi connectivity index (χ0) is 20.7. The summed E-state index contributed by atoms with van der Waals surface area (Å²) in [4.78, 5) is 26.5. The van der Waals surface area contributed by atoms with Crippen LogP contribution in [0.5, 0.6) is 5.75 Å². The highest BCUT2D eigenvalue weighted by atomic mass is 16.5. The number of nitrogens with zero attached hydrogens (tertiary/aromatic N) is 1. The van der Waals surface area contributed by atoms with Gasteiger partial charge >= 0.3 is 11.6 Å². The number of fused-ring (bicyclic) bond motifs is 5. The lowest BCUT2D eigenvalue weighted by molar-refractivity contribution is 0.0526. The van der Waals surface area contributed by atoms with Crippen LogP contribution in [0, 0.1) is 0 Å². The lowest BCUT2D eigenvalue weighted by Gasteiger charge is -2.31. The van der Waals surface area contributed by atoms with Crippen LogP contribution >= 0.6 is 0 Å². The lowest BCUT2D eigenvalue weighted by Crippen LogP contribution is -2.32. The van der Waals surface area contributed by atoms with Crippen LogP contribution in [0.15, 0.2) is 45.6 Å². The van der Waals surface area contributed by atoms with E-state index in [0.717, 1.165) is 59.2 Å². The molecule has 0 fully saturated rings. The number of benzene rings is 2. The van der Waals surface area contributed by atoms with Crippen LogP contribution in [0.1, 0.15) is 46.8 Å². The standard InChI is InChI=1S/C24H23NO5/c1-2-28-23(26)15-7-9-16(10-8-15)25-13-20-21(29-14-25)12-11-18-17-5-3-4-6-19(17)24(27)30-22(18)20/h7-12H,2-6,13-14H2,1H3. The van der Waals surface area contributed by atoms with Gasteiger partial charge in [0.2, 0.25) is 0 Å². The van der Waals surface area contributed by atoms with Crippen molar-refractivity contribution in [3.8, 4) is 5.75 Å². The highest BCUT2D eigenvalue weighted by Crippen LogP contribution is 2.36. The summed E-state index contributed by atoms with van der Waals surface area (Å²) in [6.07, 6.45) is 3.83. The number of aryl methyl sites for hydroxylation is 1. The number of rotatable bonds is 3. The number of esters is 1. The van der Waals surface area contributed by atoms with Crippen molar-refractivity contribution in [1.82, 2.24) is 0 Å². The minimum absolute atomic E-state index is 0.221. The summed E-state index contributed by atoms with van der Waals surface area (Å²) in [5.74, 6) is 0.419. The average molecular weight is 405 g/mol. The second-order valence-electron chi connectivity index (χ2n) is 7.71. The molecule has 1 aromatic heterocycles. The van der Waals surface area contributed by atoms with E-state index in [1.54, 1.807) is 19.1 Å². The minimum atomic E-state index is -0.332. The largest absolute Gasteiger partial charge is 0.473 e. The van der Waals surface area contributed by atoms with E-state index in [-0.39, 0.29) is 11.6 Å². The van der Waals surface area contributed by atoms with Crippen molar-refractivity contribution in [2.75, 3.05) is 18.2 Å². The predicted molar refractivity (Wildman–Crippen MR) is 113 cm³/mol. The van der Waals surface area contributed by atoms with Crippen LogP contribution in [0.3, 0.4) is 0 Å². The van der Waals surface area contributed by atoms with Gasteiger partial charge in [-0.05, 0) is 74.6 Å². The van der Waals surface area contributed by atoms with Crippen LogP contribution < -0.4 is 15.3 Å². The van der Waals surface area contributed by atoms with Crippen molar-refractivity contribution >= 4 is 22.6 Å². The summed E-state index contributed by atoms with van der Waals surface area (Å²) in [6.45, 7) is 3.08. The first kappa shape index (κ1) is 18.7. The average Bonchev–Trinajstić information content (AvgIpc) is 2.79. The van der Waals surface area contributed by atoms with Crippen LogP contribution in [0.25, 0.3) is 11.0 Å². The monoisotopic (exact) mass is 405 g/mol. The van der Waals surface area contributed by atoms with Crippen LogP contribution in [0.4, 0.5) is 5.69 Å². The van der Waals surface area contributed by atoms with Crippen LogP contribution in [-0.4, -0.2) is 19.3 Å². The summed E-state index contributed by atoms with van der Waals surface area (Å²) >= 11 is 0. The van der Waals surface area contributed by atoms with E-state index in [9.17, 15) is 9.59 Å². The fourth-order valence-corrected chi connectivity index (χ4v) is 4.40. The molecule has 6 heteroatoms. The van der Waals surface area contributed by atoms with Gasteiger partial charge in [-0.15, -0.1) is 0 Å². The molecule has 0 saturated carbocycles.